The lowest BCUT2D eigenvalue weighted by Crippen LogP contribution is -2.28. The average Bonchev–Trinajstić information content (AvgIpc) is 3.40. The van der Waals surface area contributed by atoms with Crippen LogP contribution in [0.15, 0.2) is 58.1 Å². The molecule has 2 aromatic carbocycles. The van der Waals surface area contributed by atoms with E-state index in [-0.39, 0.29) is 35.5 Å². The fourth-order valence-corrected chi connectivity index (χ4v) is 5.85. The van der Waals surface area contributed by atoms with Gasteiger partial charge in [0.1, 0.15) is 12.4 Å². The van der Waals surface area contributed by atoms with Gasteiger partial charge in [0.05, 0.1) is 22.5 Å². The van der Waals surface area contributed by atoms with Gasteiger partial charge >= 0.3 is 0 Å². The van der Waals surface area contributed by atoms with Gasteiger partial charge in [-0.25, -0.2) is 0 Å². The summed E-state index contributed by atoms with van der Waals surface area (Å²) in [6.45, 7) is 2.39. The minimum absolute atomic E-state index is 0.153. The van der Waals surface area contributed by atoms with E-state index in [4.69, 9.17) is 16.3 Å². The lowest BCUT2D eigenvalue weighted by atomic mass is 9.85. The number of ether oxygens (including phenoxy) is 1. The maximum atomic E-state index is 12.9. The van der Waals surface area contributed by atoms with Crippen LogP contribution in [0.5, 0.6) is 5.75 Å². The van der Waals surface area contributed by atoms with Crippen molar-refractivity contribution in [2.45, 2.75) is 20.0 Å². The van der Waals surface area contributed by atoms with E-state index in [1.165, 1.54) is 6.21 Å². The number of aryl methyl sites for hydroxylation is 1. The molecular weight excluding hydrogens is 480 g/mol. The second kappa shape index (κ2) is 7.92. The van der Waals surface area contributed by atoms with Gasteiger partial charge in [-0.1, -0.05) is 53.6 Å². The number of hydrogen-bond donors (Lipinski definition) is 0. The molecule has 2 fully saturated rings. The molecule has 4 atom stereocenters. The second-order valence-corrected chi connectivity index (χ2v) is 9.61. The standard InChI is InChI=1S/C24H20BrClN2O3/c1-13-3-2-4-14(7-13)12-31-22-17(9-18(26)10-19(22)25)11-27-28-23(29)20-15-5-6-16(8-15)21(20)24(28)30/h2-7,9-11,15-16,20-21H,8,12H2,1H3/t15-,16-,20-,21+/m0/s1. The Hall–Kier alpha value is -2.44. The molecule has 158 valence electrons. The zero-order valence-corrected chi connectivity index (χ0v) is 19.1. The third-order valence-corrected chi connectivity index (χ3v) is 7.07. The SMILES string of the molecule is Cc1cccc(COc2c(Br)cc(Cl)cc2C=NN2C(=O)[C@@H]3[C@H](C2=O)[C@H]2C=C[C@H]3C2)c1. The number of rotatable bonds is 5. The van der Waals surface area contributed by atoms with E-state index in [1.807, 2.05) is 25.1 Å². The molecule has 0 radical (unpaired) electrons. The summed E-state index contributed by atoms with van der Waals surface area (Å²) in [6.07, 6.45) is 6.50. The first-order valence-corrected chi connectivity index (χ1v) is 11.4. The molecule has 0 N–H and O–H groups in total. The minimum atomic E-state index is -0.275. The van der Waals surface area contributed by atoms with Crippen molar-refractivity contribution < 1.29 is 14.3 Å². The molecule has 5 rings (SSSR count). The molecule has 1 saturated carbocycles. The van der Waals surface area contributed by atoms with Gasteiger partial charge in [-0.3, -0.25) is 9.59 Å². The van der Waals surface area contributed by atoms with E-state index < -0.39 is 0 Å². The predicted octanol–water partition coefficient (Wildman–Crippen LogP) is 5.13. The van der Waals surface area contributed by atoms with Crippen LogP contribution < -0.4 is 4.74 Å². The van der Waals surface area contributed by atoms with Gasteiger partial charge in [0.15, 0.2) is 0 Å². The predicted molar refractivity (Wildman–Crippen MR) is 122 cm³/mol. The first kappa shape index (κ1) is 20.5. The molecule has 31 heavy (non-hydrogen) atoms. The summed E-state index contributed by atoms with van der Waals surface area (Å²) in [5.74, 6) is -0.125. The van der Waals surface area contributed by atoms with Crippen LogP contribution in [0.4, 0.5) is 0 Å². The summed E-state index contributed by atoms with van der Waals surface area (Å²) in [5, 5.41) is 5.79. The van der Waals surface area contributed by atoms with E-state index in [0.29, 0.717) is 27.4 Å². The quantitative estimate of drug-likeness (QED) is 0.325. The van der Waals surface area contributed by atoms with Crippen molar-refractivity contribution in [1.82, 2.24) is 5.01 Å². The summed E-state index contributed by atoms with van der Waals surface area (Å²) in [4.78, 5) is 25.7. The molecular formula is C24H20BrClN2O3. The Labute approximate surface area is 193 Å². The third-order valence-electron chi connectivity index (χ3n) is 6.26. The molecule has 0 aromatic heterocycles. The van der Waals surface area contributed by atoms with E-state index in [9.17, 15) is 9.59 Å². The Morgan fingerprint density at radius 2 is 1.87 bits per heavy atom. The van der Waals surface area contributed by atoms with Crippen molar-refractivity contribution >= 4 is 45.6 Å². The lowest BCUT2D eigenvalue weighted by molar-refractivity contribution is -0.140. The van der Waals surface area contributed by atoms with Gasteiger partial charge in [0.25, 0.3) is 11.8 Å². The van der Waals surface area contributed by atoms with E-state index in [1.54, 1.807) is 12.1 Å². The minimum Gasteiger partial charge on any atom is -0.487 e. The molecule has 0 unspecified atom stereocenters. The molecule has 5 nitrogen and oxygen atoms in total. The number of fused-ring (bicyclic) bond motifs is 5. The zero-order valence-electron chi connectivity index (χ0n) is 16.8. The normalized spacial score (nSPS) is 26.4. The average molecular weight is 500 g/mol. The van der Waals surface area contributed by atoms with Crippen molar-refractivity contribution in [3.05, 3.63) is 74.7 Å². The molecule has 7 heteroatoms. The van der Waals surface area contributed by atoms with Crippen molar-refractivity contribution in [1.29, 1.82) is 0 Å². The van der Waals surface area contributed by atoms with Crippen LogP contribution in [0.3, 0.4) is 0 Å². The van der Waals surface area contributed by atoms with Crippen LogP contribution in [0, 0.1) is 30.6 Å². The molecule has 0 spiro atoms. The Bertz CT molecular complexity index is 1120. The van der Waals surface area contributed by atoms with Gasteiger partial charge in [-0.05, 0) is 58.8 Å². The van der Waals surface area contributed by atoms with Crippen LogP contribution in [-0.4, -0.2) is 23.0 Å². The highest BCUT2D eigenvalue weighted by atomic mass is 79.9. The van der Waals surface area contributed by atoms with Crippen molar-refractivity contribution in [3.63, 3.8) is 0 Å². The Balaban J connectivity index is 1.39. The molecule has 3 aliphatic rings. The smallest absolute Gasteiger partial charge is 0.254 e. The third kappa shape index (κ3) is 3.62. The summed E-state index contributed by atoms with van der Waals surface area (Å²) in [6, 6.07) is 11.5. The highest BCUT2D eigenvalue weighted by molar-refractivity contribution is 9.10. The number of imide groups is 1. The Morgan fingerprint density at radius 3 is 2.55 bits per heavy atom. The van der Waals surface area contributed by atoms with Crippen LogP contribution >= 0.6 is 27.5 Å². The molecule has 2 amide bonds. The summed E-state index contributed by atoms with van der Waals surface area (Å²) in [7, 11) is 0. The van der Waals surface area contributed by atoms with Gasteiger partial charge in [0, 0.05) is 10.6 Å². The number of carbonyl (C=O) groups excluding carboxylic acids is 2. The maximum absolute atomic E-state index is 12.9. The fourth-order valence-electron chi connectivity index (χ4n) is 4.91. The molecule has 2 bridgehead atoms. The van der Waals surface area contributed by atoms with Crippen LogP contribution in [0.25, 0.3) is 0 Å². The fraction of sp³-hybridized carbons (Fsp3) is 0.292. The summed E-state index contributed by atoms with van der Waals surface area (Å²) < 4.78 is 6.73. The molecule has 2 aliphatic carbocycles. The number of amides is 2. The van der Waals surface area contributed by atoms with Gasteiger partial charge < -0.3 is 4.74 Å². The molecule has 1 heterocycles. The monoisotopic (exact) mass is 498 g/mol. The van der Waals surface area contributed by atoms with E-state index in [2.05, 4.69) is 39.2 Å². The Kier molecular flexibility index (Phi) is 5.22. The zero-order chi connectivity index (χ0) is 21.7. The number of hydrogen-bond acceptors (Lipinski definition) is 4. The van der Waals surface area contributed by atoms with Gasteiger partial charge in [-0.2, -0.15) is 10.1 Å². The second-order valence-electron chi connectivity index (χ2n) is 8.32. The van der Waals surface area contributed by atoms with Crippen LogP contribution in [0.1, 0.15) is 23.1 Å². The topological polar surface area (TPSA) is 59.0 Å². The number of nitrogens with zero attached hydrogens (tertiary/aromatic N) is 2. The molecule has 1 saturated heterocycles. The first-order valence-electron chi connectivity index (χ1n) is 10.2. The highest BCUT2D eigenvalue weighted by Gasteiger charge is 2.59. The largest absolute Gasteiger partial charge is 0.487 e. The van der Waals surface area contributed by atoms with Crippen LogP contribution in [0.2, 0.25) is 5.02 Å². The maximum Gasteiger partial charge on any atom is 0.254 e. The van der Waals surface area contributed by atoms with Gasteiger partial charge in [-0.15, -0.1) is 0 Å². The van der Waals surface area contributed by atoms with Crippen molar-refractivity contribution in [3.8, 4) is 5.75 Å². The summed E-state index contributed by atoms with van der Waals surface area (Å²) >= 11 is 9.73. The van der Waals surface area contributed by atoms with Crippen molar-refractivity contribution in [2.24, 2.45) is 28.8 Å². The highest BCUT2D eigenvalue weighted by Crippen LogP contribution is 2.52. The number of hydrazone groups is 1. The van der Waals surface area contributed by atoms with E-state index in [0.717, 1.165) is 22.6 Å². The Morgan fingerprint density at radius 1 is 1.16 bits per heavy atom. The molecule has 1 aliphatic heterocycles. The lowest BCUT2D eigenvalue weighted by Gasteiger charge is -2.14. The number of benzene rings is 2. The summed E-state index contributed by atoms with van der Waals surface area (Å²) in [5.41, 5.74) is 2.77. The van der Waals surface area contributed by atoms with Crippen LogP contribution in [-0.2, 0) is 16.2 Å². The van der Waals surface area contributed by atoms with Crippen molar-refractivity contribution in [2.75, 3.05) is 0 Å². The van der Waals surface area contributed by atoms with Gasteiger partial charge in [0.2, 0.25) is 0 Å². The first-order chi connectivity index (χ1) is 14.9. The number of carbonyl (C=O) groups is 2. The number of allylic oxidation sites excluding steroid dienone is 2. The molecule has 2 aromatic rings. The number of halogens is 2. The van der Waals surface area contributed by atoms with E-state index >= 15 is 0 Å².